The normalized spacial score (nSPS) is 24.9. The molecular formula is C13H15F6NiO2-. The fourth-order valence-electron chi connectivity index (χ4n) is 2.55. The molecule has 9 heteroatoms. The summed E-state index contributed by atoms with van der Waals surface area (Å²) in [6.45, 7) is 0. The van der Waals surface area contributed by atoms with Gasteiger partial charge in [-0.05, 0) is 0 Å². The largest absolute Gasteiger partial charge is 0.504 e. The van der Waals surface area contributed by atoms with E-state index in [1.54, 1.807) is 0 Å². The number of aliphatic hydroxyl groups is 1. The molecule has 2 fully saturated rings. The van der Waals surface area contributed by atoms with Crippen LogP contribution in [-0.2, 0) is 21.3 Å². The Kier molecular flexibility index (Phi) is 7.96. The van der Waals surface area contributed by atoms with Gasteiger partial charge in [0.25, 0.3) is 5.78 Å². The molecule has 2 aliphatic rings. The molecule has 2 aliphatic carbocycles. The number of fused-ring (bicyclic) bond motifs is 1. The maximum Gasteiger partial charge on any atom is 0.454 e. The summed E-state index contributed by atoms with van der Waals surface area (Å²) in [6.07, 6.45) is -1.69. The van der Waals surface area contributed by atoms with E-state index in [0.717, 1.165) is 11.8 Å². The van der Waals surface area contributed by atoms with Crippen molar-refractivity contribution in [3.63, 3.8) is 0 Å². The molecule has 0 amide bonds. The van der Waals surface area contributed by atoms with Crippen LogP contribution in [0.2, 0.25) is 0 Å². The van der Waals surface area contributed by atoms with Crippen molar-refractivity contribution in [2.24, 2.45) is 11.8 Å². The van der Waals surface area contributed by atoms with Gasteiger partial charge in [0.2, 0.25) is 5.76 Å². The second kappa shape index (κ2) is 8.22. The maximum atomic E-state index is 11.4. The zero-order valence-electron chi connectivity index (χ0n) is 11.3. The molecule has 22 heavy (non-hydrogen) atoms. The van der Waals surface area contributed by atoms with Crippen LogP contribution in [0.4, 0.5) is 26.3 Å². The number of halogens is 6. The third-order valence-corrected chi connectivity index (χ3v) is 3.56. The summed E-state index contributed by atoms with van der Waals surface area (Å²) in [4.78, 5) is 9.86. The molecule has 0 aromatic heterocycles. The molecule has 0 aromatic carbocycles. The fourth-order valence-corrected chi connectivity index (χ4v) is 2.55. The van der Waals surface area contributed by atoms with Crippen molar-refractivity contribution in [1.29, 1.82) is 0 Å². The summed E-state index contributed by atoms with van der Waals surface area (Å²) in [5.74, 6) is -3.16. The second-order valence-corrected chi connectivity index (χ2v) is 5.06. The van der Waals surface area contributed by atoms with Gasteiger partial charge in [-0.3, -0.25) is 4.79 Å². The van der Waals surface area contributed by atoms with Gasteiger partial charge in [0, 0.05) is 22.6 Å². The van der Waals surface area contributed by atoms with Gasteiger partial charge in [-0.15, -0.1) is 0 Å². The van der Waals surface area contributed by atoms with Crippen molar-refractivity contribution in [2.75, 3.05) is 0 Å². The van der Waals surface area contributed by atoms with Crippen LogP contribution < -0.4 is 0 Å². The van der Waals surface area contributed by atoms with Gasteiger partial charge in [0.05, 0.1) is 0 Å². The van der Waals surface area contributed by atoms with Crippen molar-refractivity contribution in [1.82, 2.24) is 0 Å². The average Bonchev–Trinajstić information content (AvgIpc) is 2.88. The number of carbonyl (C=O) groups is 1. The molecule has 0 heterocycles. The zero-order valence-corrected chi connectivity index (χ0v) is 12.3. The van der Waals surface area contributed by atoms with Crippen LogP contribution >= 0.6 is 0 Å². The van der Waals surface area contributed by atoms with Gasteiger partial charge in [-0.2, -0.15) is 38.7 Å². The van der Waals surface area contributed by atoms with Crippen LogP contribution in [0.5, 0.6) is 0 Å². The number of hydrogen-bond acceptors (Lipinski definition) is 2. The van der Waals surface area contributed by atoms with Crippen molar-refractivity contribution >= 4 is 5.78 Å². The summed E-state index contributed by atoms with van der Waals surface area (Å²) >= 11 is 0. The summed E-state index contributed by atoms with van der Waals surface area (Å²) in [6, 6.07) is 0. The molecule has 1 N–H and O–H groups in total. The van der Waals surface area contributed by atoms with E-state index in [-0.39, 0.29) is 16.5 Å². The number of carbonyl (C=O) groups excluding carboxylic acids is 1. The Labute approximate surface area is 133 Å². The van der Waals surface area contributed by atoms with E-state index >= 15 is 0 Å². The molecule has 0 aromatic rings. The monoisotopic (exact) mass is 375 g/mol. The molecule has 2 unspecified atom stereocenters. The molecule has 2 nitrogen and oxygen atoms in total. The third kappa shape index (κ3) is 6.59. The Hall–Kier alpha value is -0.716. The van der Waals surface area contributed by atoms with E-state index in [1.165, 1.54) is 32.1 Å². The van der Waals surface area contributed by atoms with E-state index in [0.29, 0.717) is 0 Å². The van der Waals surface area contributed by atoms with Crippen molar-refractivity contribution < 1.29 is 52.7 Å². The second-order valence-electron chi connectivity index (χ2n) is 5.06. The third-order valence-electron chi connectivity index (χ3n) is 3.56. The first-order valence-corrected chi connectivity index (χ1v) is 6.44. The summed E-state index contributed by atoms with van der Waals surface area (Å²) in [5, 5.41) is 7.93. The molecule has 0 bridgehead atoms. The van der Waals surface area contributed by atoms with E-state index in [4.69, 9.17) is 5.11 Å². The van der Waals surface area contributed by atoms with Gasteiger partial charge in [-0.1, -0.05) is 31.6 Å². The smallest absolute Gasteiger partial charge is 0.454 e. The molecule has 132 valence electrons. The van der Waals surface area contributed by atoms with E-state index in [9.17, 15) is 31.1 Å². The van der Waals surface area contributed by atoms with Gasteiger partial charge in [-0.25, -0.2) is 0 Å². The molecule has 0 aliphatic heterocycles. The van der Waals surface area contributed by atoms with Crippen LogP contribution in [0.1, 0.15) is 32.1 Å². The van der Waals surface area contributed by atoms with Crippen LogP contribution in [0.25, 0.3) is 0 Å². The number of allylic oxidation sites excluding steroid dienone is 2. The maximum absolute atomic E-state index is 11.4. The van der Waals surface area contributed by atoms with E-state index < -0.39 is 30.0 Å². The number of aliphatic hydroxyl groups excluding tert-OH is 1. The standard InChI is InChI=1S/C8H13.C5H2F6O2.Ni/c1-3-7-5-2-6-8(7)4-1;6-4(7,8)2(12)1-3(13)5(9,10)11;/h3,7-8H,1-2,4-6H2;1,12H;/q-1;;/b;2-1-;. The van der Waals surface area contributed by atoms with E-state index in [1.807, 2.05) is 0 Å². The van der Waals surface area contributed by atoms with Crippen LogP contribution in [0.15, 0.2) is 11.8 Å². The SMILES string of the molecule is O=C(/C=C(\O)C(F)(F)F)C(F)(F)F.[CH-]1CCC2CCCC12.[Ni]. The quantitative estimate of drug-likeness (QED) is 0.240. The van der Waals surface area contributed by atoms with Crippen LogP contribution in [0.3, 0.4) is 0 Å². The van der Waals surface area contributed by atoms with Gasteiger partial charge >= 0.3 is 12.4 Å². The van der Waals surface area contributed by atoms with E-state index in [2.05, 4.69) is 6.42 Å². The predicted octanol–water partition coefficient (Wildman–Crippen LogP) is 4.52. The molecule has 2 rings (SSSR count). The fraction of sp³-hybridized carbons (Fsp3) is 0.692. The Morgan fingerprint density at radius 3 is 2.09 bits per heavy atom. The minimum atomic E-state index is -5.42. The summed E-state index contributed by atoms with van der Waals surface area (Å²) in [7, 11) is 0. The van der Waals surface area contributed by atoms with Crippen molar-refractivity contribution in [2.45, 2.75) is 44.5 Å². The van der Waals surface area contributed by atoms with Gasteiger partial charge in [0.1, 0.15) is 0 Å². The van der Waals surface area contributed by atoms with Gasteiger partial charge < -0.3 is 11.5 Å². The zero-order chi connectivity index (χ0) is 16.3. The van der Waals surface area contributed by atoms with Crippen LogP contribution in [0, 0.1) is 18.3 Å². The first-order chi connectivity index (χ1) is 9.51. The molecule has 0 radical (unpaired) electrons. The van der Waals surface area contributed by atoms with Crippen LogP contribution in [-0.4, -0.2) is 23.2 Å². The number of alkyl halides is 6. The Bertz CT molecular complexity index is 382. The number of hydrogen-bond donors (Lipinski definition) is 1. The Morgan fingerprint density at radius 1 is 1.05 bits per heavy atom. The first-order valence-electron chi connectivity index (χ1n) is 6.44. The molecule has 0 spiro atoms. The molecule has 2 saturated carbocycles. The summed E-state index contributed by atoms with van der Waals surface area (Å²) in [5.41, 5.74) is 0. The molecule has 2 atom stereocenters. The minimum absolute atomic E-state index is 0. The molecular weight excluding hydrogens is 361 g/mol. The Balaban J connectivity index is 0.000000415. The topological polar surface area (TPSA) is 37.3 Å². The minimum Gasteiger partial charge on any atom is -0.504 e. The van der Waals surface area contributed by atoms with Gasteiger partial charge in [0.15, 0.2) is 0 Å². The number of rotatable bonds is 1. The number of ketones is 1. The predicted molar refractivity (Wildman–Crippen MR) is 62.2 cm³/mol. The Morgan fingerprint density at radius 2 is 1.64 bits per heavy atom. The van der Waals surface area contributed by atoms with Crippen molar-refractivity contribution in [3.05, 3.63) is 18.3 Å². The van der Waals surface area contributed by atoms with Crippen molar-refractivity contribution in [3.8, 4) is 0 Å². The summed E-state index contributed by atoms with van der Waals surface area (Å²) < 4.78 is 68.1. The first kappa shape index (κ1) is 21.3. The average molecular weight is 376 g/mol. The molecule has 0 saturated heterocycles.